The van der Waals surface area contributed by atoms with Crippen LogP contribution in [0.5, 0.6) is 5.88 Å². The summed E-state index contributed by atoms with van der Waals surface area (Å²) in [5, 5.41) is 8.27. The van der Waals surface area contributed by atoms with Gasteiger partial charge in [-0.2, -0.15) is 10.2 Å². The molecule has 0 aliphatic carbocycles. The maximum atomic E-state index is 13.5. The molecule has 3 aromatic rings. The van der Waals surface area contributed by atoms with Gasteiger partial charge < -0.3 is 9.64 Å². The largest absolute Gasteiger partial charge is 0.472 e. The van der Waals surface area contributed by atoms with Crippen LogP contribution in [-0.2, 0) is 0 Å². The van der Waals surface area contributed by atoms with Gasteiger partial charge in [0.15, 0.2) is 5.82 Å². The van der Waals surface area contributed by atoms with Gasteiger partial charge in [0.1, 0.15) is 6.10 Å². The SMILES string of the molecule is Cc1cnc(-n2nccn2)c(C(=O)N2CCCC(Oc3ccc(Br)cn3)C2C)c1. The highest BCUT2D eigenvalue weighted by Crippen LogP contribution is 2.26. The number of hydrogen-bond donors (Lipinski definition) is 0. The van der Waals surface area contributed by atoms with Crippen molar-refractivity contribution < 1.29 is 9.53 Å². The highest BCUT2D eigenvalue weighted by molar-refractivity contribution is 9.10. The fourth-order valence-corrected chi connectivity index (χ4v) is 3.73. The van der Waals surface area contributed by atoms with Crippen LogP contribution in [0, 0.1) is 6.92 Å². The monoisotopic (exact) mass is 456 g/mol. The molecule has 3 aromatic heterocycles. The topological polar surface area (TPSA) is 86.0 Å². The lowest BCUT2D eigenvalue weighted by atomic mass is 9.98. The molecule has 1 aliphatic heterocycles. The van der Waals surface area contributed by atoms with Gasteiger partial charge in [-0.15, -0.1) is 4.80 Å². The van der Waals surface area contributed by atoms with Crippen LogP contribution in [0.4, 0.5) is 0 Å². The molecule has 1 amide bonds. The molecule has 2 unspecified atom stereocenters. The summed E-state index contributed by atoms with van der Waals surface area (Å²) in [5.74, 6) is 0.881. The Balaban J connectivity index is 1.58. The number of ether oxygens (including phenoxy) is 1. The summed E-state index contributed by atoms with van der Waals surface area (Å²) in [6.45, 7) is 4.58. The van der Waals surface area contributed by atoms with Crippen LogP contribution in [0.3, 0.4) is 0 Å². The fourth-order valence-electron chi connectivity index (χ4n) is 3.50. The number of carbonyl (C=O) groups is 1. The molecule has 0 bridgehead atoms. The van der Waals surface area contributed by atoms with Crippen LogP contribution in [0.25, 0.3) is 5.82 Å². The number of hydrogen-bond acceptors (Lipinski definition) is 6. The first kappa shape index (κ1) is 19.5. The van der Waals surface area contributed by atoms with Gasteiger partial charge >= 0.3 is 0 Å². The molecule has 0 radical (unpaired) electrons. The zero-order valence-corrected chi connectivity index (χ0v) is 17.8. The lowest BCUT2D eigenvalue weighted by Crippen LogP contribution is -2.51. The lowest BCUT2D eigenvalue weighted by molar-refractivity contribution is 0.0265. The quantitative estimate of drug-likeness (QED) is 0.598. The highest BCUT2D eigenvalue weighted by Gasteiger charge is 2.34. The van der Waals surface area contributed by atoms with E-state index in [1.807, 2.05) is 36.9 Å². The van der Waals surface area contributed by atoms with Gasteiger partial charge in [-0.1, -0.05) is 0 Å². The normalized spacial score (nSPS) is 19.2. The number of pyridine rings is 2. The predicted molar refractivity (Wildman–Crippen MR) is 110 cm³/mol. The summed E-state index contributed by atoms with van der Waals surface area (Å²) in [4.78, 5) is 25.4. The number of rotatable bonds is 4. The Morgan fingerprint density at radius 2 is 2.00 bits per heavy atom. The molecule has 4 heterocycles. The maximum absolute atomic E-state index is 13.5. The van der Waals surface area contributed by atoms with Crippen molar-refractivity contribution in [2.24, 2.45) is 0 Å². The third kappa shape index (κ3) is 4.14. The summed E-state index contributed by atoms with van der Waals surface area (Å²) in [5.41, 5.74) is 1.39. The molecule has 0 spiro atoms. The second-order valence-electron chi connectivity index (χ2n) is 7.05. The molecule has 9 heteroatoms. The number of aryl methyl sites for hydroxylation is 1. The minimum atomic E-state index is -0.134. The van der Waals surface area contributed by atoms with E-state index < -0.39 is 0 Å². The van der Waals surface area contributed by atoms with E-state index in [0.29, 0.717) is 23.8 Å². The molecule has 150 valence electrons. The van der Waals surface area contributed by atoms with Crippen molar-refractivity contribution in [1.82, 2.24) is 29.9 Å². The predicted octanol–water partition coefficient (Wildman–Crippen LogP) is 3.20. The van der Waals surface area contributed by atoms with Crippen LogP contribution in [0.15, 0.2) is 47.5 Å². The molecule has 1 fully saturated rings. The summed E-state index contributed by atoms with van der Waals surface area (Å²) < 4.78 is 6.99. The minimum Gasteiger partial charge on any atom is -0.472 e. The molecule has 0 N–H and O–H groups in total. The molecular formula is C20H21BrN6O2. The van der Waals surface area contributed by atoms with E-state index >= 15 is 0 Å². The third-order valence-electron chi connectivity index (χ3n) is 4.99. The second-order valence-corrected chi connectivity index (χ2v) is 7.97. The number of amides is 1. The van der Waals surface area contributed by atoms with Crippen LogP contribution < -0.4 is 4.74 Å². The van der Waals surface area contributed by atoms with Gasteiger partial charge in [-0.25, -0.2) is 9.97 Å². The molecule has 0 aromatic carbocycles. The first-order valence-corrected chi connectivity index (χ1v) is 10.2. The van der Waals surface area contributed by atoms with E-state index in [-0.39, 0.29) is 18.1 Å². The molecule has 4 rings (SSSR count). The Hall–Kier alpha value is -2.81. The first-order chi connectivity index (χ1) is 14.0. The Bertz CT molecular complexity index is 993. The van der Waals surface area contributed by atoms with Gasteiger partial charge in [-0.3, -0.25) is 4.79 Å². The van der Waals surface area contributed by atoms with Crippen LogP contribution >= 0.6 is 15.9 Å². The summed E-state index contributed by atoms with van der Waals surface area (Å²) >= 11 is 3.38. The van der Waals surface area contributed by atoms with Crippen molar-refractivity contribution in [1.29, 1.82) is 0 Å². The summed E-state index contributed by atoms with van der Waals surface area (Å²) in [7, 11) is 0. The van der Waals surface area contributed by atoms with E-state index in [1.54, 1.807) is 24.8 Å². The molecule has 2 atom stereocenters. The van der Waals surface area contributed by atoms with Crippen molar-refractivity contribution in [3.63, 3.8) is 0 Å². The third-order valence-corrected chi connectivity index (χ3v) is 5.46. The summed E-state index contributed by atoms with van der Waals surface area (Å²) in [6, 6.07) is 5.44. The molecule has 29 heavy (non-hydrogen) atoms. The van der Waals surface area contributed by atoms with Gasteiger partial charge in [-0.05, 0) is 60.3 Å². The van der Waals surface area contributed by atoms with E-state index in [0.717, 1.165) is 22.9 Å². The van der Waals surface area contributed by atoms with Crippen molar-refractivity contribution in [2.45, 2.75) is 38.8 Å². The standard InChI is InChI=1S/C20H21BrN6O2/c1-13-10-16(19(23-11-13)27-24-7-8-25-27)20(28)26-9-3-4-17(14(26)2)29-18-6-5-15(21)12-22-18/h5-8,10-12,14,17H,3-4,9H2,1-2H3. The average Bonchev–Trinajstić information content (AvgIpc) is 3.25. The summed E-state index contributed by atoms with van der Waals surface area (Å²) in [6.07, 6.45) is 8.12. The second kappa shape index (κ2) is 8.28. The Kier molecular flexibility index (Phi) is 5.57. The van der Waals surface area contributed by atoms with Crippen molar-refractivity contribution in [3.05, 3.63) is 58.6 Å². The van der Waals surface area contributed by atoms with Gasteiger partial charge in [0.05, 0.1) is 24.0 Å². The number of nitrogens with zero attached hydrogens (tertiary/aromatic N) is 6. The van der Waals surface area contributed by atoms with Crippen LogP contribution in [0.2, 0.25) is 0 Å². The number of aromatic nitrogens is 5. The first-order valence-electron chi connectivity index (χ1n) is 9.45. The molecule has 1 aliphatic rings. The zero-order chi connectivity index (χ0) is 20.4. The highest BCUT2D eigenvalue weighted by atomic mass is 79.9. The molecular weight excluding hydrogens is 436 g/mol. The van der Waals surface area contributed by atoms with Crippen molar-refractivity contribution in [2.75, 3.05) is 6.54 Å². The average molecular weight is 457 g/mol. The van der Waals surface area contributed by atoms with Crippen molar-refractivity contribution in [3.8, 4) is 11.7 Å². The van der Waals surface area contributed by atoms with Gasteiger partial charge in [0.25, 0.3) is 5.91 Å². The fraction of sp³-hybridized carbons (Fsp3) is 0.350. The van der Waals surface area contributed by atoms with Crippen LogP contribution in [0.1, 0.15) is 35.7 Å². The maximum Gasteiger partial charge on any atom is 0.258 e. The number of piperidine rings is 1. The number of carbonyl (C=O) groups excluding carboxylic acids is 1. The Morgan fingerprint density at radius 1 is 1.21 bits per heavy atom. The van der Waals surface area contributed by atoms with E-state index in [1.165, 1.54) is 4.80 Å². The number of halogens is 1. The van der Waals surface area contributed by atoms with Crippen LogP contribution in [-0.4, -0.2) is 54.5 Å². The molecule has 8 nitrogen and oxygen atoms in total. The molecule has 0 saturated carbocycles. The van der Waals surface area contributed by atoms with E-state index in [9.17, 15) is 4.79 Å². The van der Waals surface area contributed by atoms with Gasteiger partial charge in [0, 0.05) is 29.5 Å². The van der Waals surface area contributed by atoms with E-state index in [2.05, 4.69) is 36.1 Å². The van der Waals surface area contributed by atoms with Gasteiger partial charge in [0.2, 0.25) is 5.88 Å². The minimum absolute atomic E-state index is 0.0990. The lowest BCUT2D eigenvalue weighted by Gasteiger charge is -2.39. The Labute approximate surface area is 177 Å². The zero-order valence-electron chi connectivity index (χ0n) is 16.2. The van der Waals surface area contributed by atoms with E-state index in [4.69, 9.17) is 4.74 Å². The number of likely N-dealkylation sites (tertiary alicyclic amines) is 1. The Morgan fingerprint density at radius 3 is 2.72 bits per heavy atom. The van der Waals surface area contributed by atoms with Crippen molar-refractivity contribution >= 4 is 21.8 Å². The smallest absolute Gasteiger partial charge is 0.258 e. The molecule has 1 saturated heterocycles.